The molecule has 1 heterocycles. The molecule has 0 aliphatic rings. The lowest BCUT2D eigenvalue weighted by atomic mass is 10.2. The number of imidazole rings is 1. The van der Waals surface area contributed by atoms with Gasteiger partial charge >= 0.3 is 0 Å². The fourth-order valence-electron chi connectivity index (χ4n) is 1.17. The zero-order valence-electron chi connectivity index (χ0n) is 7.46. The Kier molecular flexibility index (Phi) is 2.48. The van der Waals surface area contributed by atoms with Gasteiger partial charge < -0.3 is 4.57 Å². The number of nitrogens with zero attached hydrogens (tertiary/aromatic N) is 2. The molecule has 14 heavy (non-hydrogen) atoms. The molecule has 0 bridgehead atoms. The highest BCUT2D eigenvalue weighted by Crippen LogP contribution is 2.27. The molecule has 2 nitrogen and oxygen atoms in total. The predicted octanol–water partition coefficient (Wildman–Crippen LogP) is 3.19. The second-order valence-electron chi connectivity index (χ2n) is 2.97. The van der Waals surface area contributed by atoms with Crippen molar-refractivity contribution >= 4 is 23.2 Å². The van der Waals surface area contributed by atoms with Crippen LogP contribution in [0.5, 0.6) is 0 Å². The molecule has 0 N–H and O–H groups in total. The number of aromatic nitrogens is 2. The number of hydrogen-bond acceptors (Lipinski definition) is 1. The average Bonchev–Trinajstić information content (AvgIpc) is 2.57. The third-order valence-electron chi connectivity index (χ3n) is 1.86. The highest BCUT2D eigenvalue weighted by molar-refractivity contribution is 6.42. The lowest BCUT2D eigenvalue weighted by Crippen LogP contribution is -1.79. The molecule has 71 valence electrons. The summed E-state index contributed by atoms with van der Waals surface area (Å²) < 4.78 is 1.76. The molecular formula is C10H7Cl2N2. The molecular weight excluding hydrogens is 219 g/mol. The molecule has 2 aromatic rings. The normalized spacial score (nSPS) is 10.5. The molecule has 4 heteroatoms. The molecule has 0 aliphatic carbocycles. The van der Waals surface area contributed by atoms with E-state index in [0.717, 1.165) is 11.3 Å². The molecule has 0 atom stereocenters. The van der Waals surface area contributed by atoms with Crippen LogP contribution in [0.1, 0.15) is 0 Å². The summed E-state index contributed by atoms with van der Waals surface area (Å²) >= 11 is 11.7. The van der Waals surface area contributed by atoms with Crippen molar-refractivity contribution in [3.63, 3.8) is 0 Å². The van der Waals surface area contributed by atoms with Crippen LogP contribution in [-0.4, -0.2) is 9.55 Å². The first-order valence-electron chi connectivity index (χ1n) is 4.03. The third kappa shape index (κ3) is 1.76. The van der Waals surface area contributed by atoms with E-state index in [1.165, 1.54) is 0 Å². The number of benzene rings is 1. The molecule has 0 saturated carbocycles. The van der Waals surface area contributed by atoms with Gasteiger partial charge in [-0.25, -0.2) is 4.98 Å². The highest BCUT2D eigenvalue weighted by atomic mass is 35.5. The third-order valence-corrected chi connectivity index (χ3v) is 2.60. The van der Waals surface area contributed by atoms with Crippen molar-refractivity contribution in [1.29, 1.82) is 0 Å². The first kappa shape index (κ1) is 9.56. The summed E-state index contributed by atoms with van der Waals surface area (Å²) in [5.41, 5.74) is 1.78. The van der Waals surface area contributed by atoms with Gasteiger partial charge in [0.05, 0.1) is 15.7 Å². The Hall–Kier alpha value is -0.990. The van der Waals surface area contributed by atoms with E-state index in [0.29, 0.717) is 10.0 Å². The van der Waals surface area contributed by atoms with Gasteiger partial charge in [0.2, 0.25) is 0 Å². The van der Waals surface area contributed by atoms with Crippen LogP contribution in [0.2, 0.25) is 10.0 Å². The summed E-state index contributed by atoms with van der Waals surface area (Å²) in [5, 5.41) is 1.09. The first-order valence-corrected chi connectivity index (χ1v) is 4.79. The second-order valence-corrected chi connectivity index (χ2v) is 3.78. The molecule has 0 saturated heterocycles. The van der Waals surface area contributed by atoms with E-state index < -0.39 is 0 Å². The summed E-state index contributed by atoms with van der Waals surface area (Å²) in [5.74, 6) is 0. The largest absolute Gasteiger partial charge is 0.331 e. The Bertz CT molecular complexity index is 463. The number of hydrogen-bond donors (Lipinski definition) is 0. The van der Waals surface area contributed by atoms with E-state index >= 15 is 0 Å². The quantitative estimate of drug-likeness (QED) is 0.730. The fourth-order valence-corrected chi connectivity index (χ4v) is 1.47. The van der Waals surface area contributed by atoms with E-state index in [1.54, 1.807) is 16.7 Å². The van der Waals surface area contributed by atoms with Gasteiger partial charge in [0.1, 0.15) is 0 Å². The maximum Gasteiger partial charge on any atom is 0.176 e. The van der Waals surface area contributed by atoms with Crippen LogP contribution in [0.25, 0.3) is 11.3 Å². The van der Waals surface area contributed by atoms with Crippen LogP contribution >= 0.6 is 23.2 Å². The van der Waals surface area contributed by atoms with Gasteiger partial charge in [0.25, 0.3) is 0 Å². The molecule has 0 aliphatic heterocycles. The van der Waals surface area contributed by atoms with Crippen molar-refractivity contribution in [3.8, 4) is 11.3 Å². The summed E-state index contributed by atoms with van der Waals surface area (Å²) in [6.07, 6.45) is 4.67. The van der Waals surface area contributed by atoms with E-state index in [4.69, 9.17) is 23.2 Å². The van der Waals surface area contributed by atoms with Crippen molar-refractivity contribution in [1.82, 2.24) is 9.55 Å². The van der Waals surface area contributed by atoms with Crippen molar-refractivity contribution in [2.45, 2.75) is 0 Å². The van der Waals surface area contributed by atoms with Gasteiger partial charge in [0.15, 0.2) is 6.33 Å². The van der Waals surface area contributed by atoms with Gasteiger partial charge in [-0.05, 0) is 12.1 Å². The SMILES string of the molecule is Cn1[c]nc(-c2ccc(Cl)c(Cl)c2)c1. The van der Waals surface area contributed by atoms with E-state index in [1.807, 2.05) is 19.3 Å². The van der Waals surface area contributed by atoms with Crippen LogP contribution in [0.3, 0.4) is 0 Å². The lowest BCUT2D eigenvalue weighted by Gasteiger charge is -1.98. The minimum atomic E-state index is 0.537. The van der Waals surface area contributed by atoms with Crippen molar-refractivity contribution in [2.75, 3.05) is 0 Å². The Morgan fingerprint density at radius 2 is 2.07 bits per heavy atom. The van der Waals surface area contributed by atoms with Gasteiger partial charge in [0, 0.05) is 18.8 Å². The van der Waals surface area contributed by atoms with Crippen LogP contribution in [0.15, 0.2) is 24.4 Å². The zero-order valence-corrected chi connectivity index (χ0v) is 8.97. The minimum Gasteiger partial charge on any atom is -0.331 e. The zero-order chi connectivity index (χ0) is 10.1. The first-order chi connectivity index (χ1) is 6.66. The molecule has 0 spiro atoms. The molecule has 1 aromatic heterocycles. The van der Waals surface area contributed by atoms with Gasteiger partial charge in [-0.2, -0.15) is 0 Å². The molecule has 0 fully saturated rings. The Balaban J connectivity index is 2.47. The van der Waals surface area contributed by atoms with Crippen molar-refractivity contribution in [3.05, 3.63) is 40.8 Å². The second kappa shape index (κ2) is 3.64. The lowest BCUT2D eigenvalue weighted by molar-refractivity contribution is 0.903. The Morgan fingerprint density at radius 3 is 2.64 bits per heavy atom. The van der Waals surface area contributed by atoms with Crippen LogP contribution in [0.4, 0.5) is 0 Å². The standard InChI is InChI=1S/C10H7Cl2N2/c1-14-5-10(13-6-14)7-2-3-8(11)9(12)4-7/h2-5H,1H3. The van der Waals surface area contributed by atoms with Crippen molar-refractivity contribution in [2.24, 2.45) is 7.05 Å². The van der Waals surface area contributed by atoms with Crippen LogP contribution in [0, 0.1) is 6.33 Å². The van der Waals surface area contributed by atoms with E-state index in [9.17, 15) is 0 Å². The maximum atomic E-state index is 5.89. The maximum absolute atomic E-state index is 5.89. The monoisotopic (exact) mass is 225 g/mol. The van der Waals surface area contributed by atoms with Crippen LogP contribution in [-0.2, 0) is 7.05 Å². The van der Waals surface area contributed by atoms with Crippen molar-refractivity contribution < 1.29 is 0 Å². The number of rotatable bonds is 1. The highest BCUT2D eigenvalue weighted by Gasteiger charge is 2.04. The number of aryl methyl sites for hydroxylation is 1. The van der Waals surface area contributed by atoms with E-state index in [-0.39, 0.29) is 0 Å². The topological polar surface area (TPSA) is 17.8 Å². The molecule has 1 radical (unpaired) electrons. The molecule has 0 amide bonds. The molecule has 0 unspecified atom stereocenters. The van der Waals surface area contributed by atoms with Gasteiger partial charge in [-0.15, -0.1) is 0 Å². The summed E-state index contributed by atoms with van der Waals surface area (Å²) in [7, 11) is 1.87. The Labute approximate surface area is 92.1 Å². The van der Waals surface area contributed by atoms with E-state index in [2.05, 4.69) is 11.3 Å². The number of halogens is 2. The van der Waals surface area contributed by atoms with Crippen LogP contribution < -0.4 is 0 Å². The fraction of sp³-hybridized carbons (Fsp3) is 0.100. The van der Waals surface area contributed by atoms with Gasteiger partial charge in [-0.3, -0.25) is 0 Å². The molecule has 2 rings (SSSR count). The summed E-state index contributed by atoms with van der Waals surface area (Å²) in [6, 6.07) is 5.43. The molecule has 1 aromatic carbocycles. The summed E-state index contributed by atoms with van der Waals surface area (Å²) in [6.45, 7) is 0. The Morgan fingerprint density at radius 1 is 1.29 bits per heavy atom. The summed E-state index contributed by atoms with van der Waals surface area (Å²) in [4.78, 5) is 4.09. The smallest absolute Gasteiger partial charge is 0.176 e. The average molecular weight is 226 g/mol. The predicted molar refractivity (Wildman–Crippen MR) is 57.5 cm³/mol. The minimum absolute atomic E-state index is 0.537. The van der Waals surface area contributed by atoms with Gasteiger partial charge in [-0.1, -0.05) is 29.3 Å².